The first-order chi connectivity index (χ1) is 10.6. The SMILES string of the molecule is CC(C)(C)OC(=O)N1CCCC(N)(C2(O)CC3CCC(C2)N3)C1. The van der Waals surface area contributed by atoms with E-state index in [1.165, 1.54) is 0 Å². The van der Waals surface area contributed by atoms with E-state index in [2.05, 4.69) is 5.32 Å². The Morgan fingerprint density at radius 1 is 1.30 bits per heavy atom. The molecule has 23 heavy (non-hydrogen) atoms. The van der Waals surface area contributed by atoms with E-state index in [4.69, 9.17) is 10.5 Å². The summed E-state index contributed by atoms with van der Waals surface area (Å²) in [7, 11) is 0. The van der Waals surface area contributed by atoms with Crippen molar-refractivity contribution in [1.29, 1.82) is 0 Å². The van der Waals surface area contributed by atoms with Gasteiger partial charge in [0.15, 0.2) is 0 Å². The minimum absolute atomic E-state index is 0.326. The lowest BCUT2D eigenvalue weighted by atomic mass is 9.68. The molecule has 2 bridgehead atoms. The highest BCUT2D eigenvalue weighted by atomic mass is 16.6. The second-order valence-corrected chi connectivity index (χ2v) is 8.74. The molecule has 3 fully saturated rings. The number of piperidine rings is 2. The van der Waals surface area contributed by atoms with Crippen LogP contribution in [0.5, 0.6) is 0 Å². The number of nitrogens with zero attached hydrogens (tertiary/aromatic N) is 1. The molecule has 0 saturated carbocycles. The van der Waals surface area contributed by atoms with Crippen molar-refractivity contribution in [3.05, 3.63) is 0 Å². The van der Waals surface area contributed by atoms with Crippen LogP contribution in [0.25, 0.3) is 0 Å². The van der Waals surface area contributed by atoms with Crippen molar-refractivity contribution < 1.29 is 14.6 Å². The third-order valence-electron chi connectivity index (χ3n) is 5.61. The lowest BCUT2D eigenvalue weighted by Gasteiger charge is -2.53. The Bertz CT molecular complexity index is 464. The Hall–Kier alpha value is -0.850. The van der Waals surface area contributed by atoms with Crippen LogP contribution in [0, 0.1) is 0 Å². The van der Waals surface area contributed by atoms with Crippen LogP contribution in [-0.2, 0) is 4.74 Å². The molecule has 6 heteroatoms. The van der Waals surface area contributed by atoms with E-state index in [1.807, 2.05) is 20.8 Å². The molecule has 3 rings (SSSR count). The van der Waals surface area contributed by atoms with Gasteiger partial charge in [0.25, 0.3) is 0 Å². The van der Waals surface area contributed by atoms with Gasteiger partial charge in [-0.3, -0.25) is 0 Å². The smallest absolute Gasteiger partial charge is 0.410 e. The van der Waals surface area contributed by atoms with Gasteiger partial charge in [-0.1, -0.05) is 0 Å². The maximum atomic E-state index is 12.4. The van der Waals surface area contributed by atoms with Gasteiger partial charge in [0.05, 0.1) is 11.1 Å². The number of nitrogens with one attached hydrogen (secondary N) is 1. The Kier molecular flexibility index (Phi) is 4.14. The third kappa shape index (κ3) is 3.35. The molecule has 3 aliphatic rings. The molecule has 0 aromatic heterocycles. The number of fused-ring (bicyclic) bond motifs is 2. The standard InChI is InChI=1S/C17H31N3O3/c1-15(2,3)23-14(21)20-8-4-7-16(18,11-20)17(22)9-12-5-6-13(10-17)19-12/h12-13,19,22H,4-11,18H2,1-3H3. The van der Waals surface area contributed by atoms with E-state index >= 15 is 0 Å². The molecule has 3 saturated heterocycles. The van der Waals surface area contributed by atoms with Gasteiger partial charge in [-0.05, 0) is 59.3 Å². The molecule has 0 aromatic carbocycles. The second kappa shape index (κ2) is 5.60. The topological polar surface area (TPSA) is 87.8 Å². The normalized spacial score (nSPS) is 41.0. The van der Waals surface area contributed by atoms with Gasteiger partial charge >= 0.3 is 6.09 Å². The number of aliphatic hydroxyl groups is 1. The summed E-state index contributed by atoms with van der Waals surface area (Å²) in [5, 5.41) is 14.9. The van der Waals surface area contributed by atoms with Crippen molar-refractivity contribution in [1.82, 2.24) is 10.2 Å². The Balaban J connectivity index is 1.72. The highest BCUT2D eigenvalue weighted by Crippen LogP contribution is 2.42. The fraction of sp³-hybridized carbons (Fsp3) is 0.941. The highest BCUT2D eigenvalue weighted by Gasteiger charge is 2.55. The van der Waals surface area contributed by atoms with Crippen molar-refractivity contribution >= 4 is 6.09 Å². The largest absolute Gasteiger partial charge is 0.444 e. The summed E-state index contributed by atoms with van der Waals surface area (Å²) in [5.74, 6) is 0. The van der Waals surface area contributed by atoms with Crippen molar-refractivity contribution in [2.45, 2.75) is 88.1 Å². The van der Waals surface area contributed by atoms with E-state index < -0.39 is 16.7 Å². The number of ether oxygens (including phenoxy) is 1. The highest BCUT2D eigenvalue weighted by molar-refractivity contribution is 5.68. The summed E-state index contributed by atoms with van der Waals surface area (Å²) in [5.41, 5.74) is 4.52. The lowest BCUT2D eigenvalue weighted by Crippen LogP contribution is -2.71. The number of likely N-dealkylation sites (tertiary alicyclic amines) is 1. The monoisotopic (exact) mass is 325 g/mol. The van der Waals surface area contributed by atoms with Crippen LogP contribution < -0.4 is 11.1 Å². The first-order valence-electron chi connectivity index (χ1n) is 8.86. The summed E-state index contributed by atoms with van der Waals surface area (Å²) in [6, 6.07) is 0.715. The van der Waals surface area contributed by atoms with Crippen LogP contribution in [0.2, 0.25) is 0 Å². The lowest BCUT2D eigenvalue weighted by molar-refractivity contribution is -0.0951. The maximum Gasteiger partial charge on any atom is 0.410 e. The van der Waals surface area contributed by atoms with E-state index in [0.29, 0.717) is 38.0 Å². The van der Waals surface area contributed by atoms with Gasteiger partial charge in [-0.25, -0.2) is 4.79 Å². The molecule has 3 heterocycles. The average Bonchev–Trinajstić information content (AvgIpc) is 2.76. The molecule has 132 valence electrons. The molecule has 4 N–H and O–H groups in total. The van der Waals surface area contributed by atoms with Crippen molar-refractivity contribution in [2.75, 3.05) is 13.1 Å². The van der Waals surface area contributed by atoms with Gasteiger partial charge in [0.2, 0.25) is 0 Å². The van der Waals surface area contributed by atoms with Crippen molar-refractivity contribution in [3.8, 4) is 0 Å². The Morgan fingerprint density at radius 3 is 2.48 bits per heavy atom. The molecular formula is C17H31N3O3. The van der Waals surface area contributed by atoms with Crippen LogP contribution in [0.3, 0.4) is 0 Å². The number of carbonyl (C=O) groups excluding carboxylic acids is 1. The van der Waals surface area contributed by atoms with Gasteiger partial charge in [-0.2, -0.15) is 0 Å². The Labute approximate surface area is 138 Å². The summed E-state index contributed by atoms with van der Waals surface area (Å²) in [6.07, 6.45) is 4.82. The number of amides is 1. The predicted molar refractivity (Wildman–Crippen MR) is 88.1 cm³/mol. The number of nitrogens with two attached hydrogens (primary N) is 1. The average molecular weight is 325 g/mol. The zero-order valence-electron chi connectivity index (χ0n) is 14.6. The number of hydrogen-bond donors (Lipinski definition) is 3. The van der Waals surface area contributed by atoms with Gasteiger partial charge < -0.3 is 25.8 Å². The second-order valence-electron chi connectivity index (χ2n) is 8.74. The first-order valence-corrected chi connectivity index (χ1v) is 8.86. The molecule has 6 nitrogen and oxygen atoms in total. The van der Waals surface area contributed by atoms with E-state index in [0.717, 1.165) is 25.7 Å². The van der Waals surface area contributed by atoms with Crippen LogP contribution in [0.4, 0.5) is 4.79 Å². The molecule has 3 aliphatic heterocycles. The van der Waals surface area contributed by atoms with Crippen LogP contribution in [-0.4, -0.2) is 58.0 Å². The number of rotatable bonds is 1. The summed E-state index contributed by atoms with van der Waals surface area (Å²) < 4.78 is 5.48. The molecule has 1 amide bonds. The third-order valence-corrected chi connectivity index (χ3v) is 5.61. The quantitative estimate of drug-likeness (QED) is 0.677. The van der Waals surface area contributed by atoms with Gasteiger partial charge in [0.1, 0.15) is 5.60 Å². The van der Waals surface area contributed by atoms with Gasteiger partial charge in [-0.15, -0.1) is 0 Å². The summed E-state index contributed by atoms with van der Waals surface area (Å²) in [4.78, 5) is 14.1. The molecule has 3 unspecified atom stereocenters. The number of hydrogen-bond acceptors (Lipinski definition) is 5. The fourth-order valence-corrected chi connectivity index (χ4v) is 4.48. The molecule has 0 radical (unpaired) electrons. The summed E-state index contributed by atoms with van der Waals surface area (Å²) in [6.45, 7) is 6.61. The first kappa shape index (κ1) is 17.0. The van der Waals surface area contributed by atoms with Crippen LogP contribution >= 0.6 is 0 Å². The van der Waals surface area contributed by atoms with Crippen LogP contribution in [0.1, 0.15) is 59.3 Å². The van der Waals surface area contributed by atoms with E-state index in [-0.39, 0.29) is 6.09 Å². The van der Waals surface area contributed by atoms with Crippen molar-refractivity contribution in [3.63, 3.8) is 0 Å². The zero-order chi connectivity index (χ0) is 16.9. The zero-order valence-corrected chi connectivity index (χ0v) is 14.6. The molecule has 0 spiro atoms. The van der Waals surface area contributed by atoms with Crippen molar-refractivity contribution in [2.24, 2.45) is 5.73 Å². The number of carbonyl (C=O) groups is 1. The van der Waals surface area contributed by atoms with E-state index in [1.54, 1.807) is 4.90 Å². The fourth-order valence-electron chi connectivity index (χ4n) is 4.48. The summed E-state index contributed by atoms with van der Waals surface area (Å²) >= 11 is 0. The minimum Gasteiger partial charge on any atom is -0.444 e. The van der Waals surface area contributed by atoms with E-state index in [9.17, 15) is 9.90 Å². The van der Waals surface area contributed by atoms with Gasteiger partial charge in [0, 0.05) is 25.2 Å². The molecular weight excluding hydrogens is 294 g/mol. The maximum absolute atomic E-state index is 12.4. The predicted octanol–water partition coefficient (Wildman–Crippen LogP) is 1.36. The Morgan fingerprint density at radius 2 is 1.91 bits per heavy atom. The molecule has 0 aliphatic carbocycles. The minimum atomic E-state index is -0.898. The van der Waals surface area contributed by atoms with Crippen LogP contribution in [0.15, 0.2) is 0 Å². The molecule has 3 atom stereocenters. The molecule has 0 aromatic rings.